The SMILES string of the molecule is Cc1ccc(Cl)cc1-n1ncc2c1ncn1c(Cc3cccc4ccccc34)nnc21. The van der Waals surface area contributed by atoms with Crippen molar-refractivity contribution in [3.63, 3.8) is 0 Å². The Bertz CT molecular complexity index is 1590. The van der Waals surface area contributed by atoms with E-state index in [1.807, 2.05) is 29.5 Å². The second-order valence-corrected chi connectivity index (χ2v) is 8.03. The molecule has 0 bridgehead atoms. The molecule has 6 nitrogen and oxygen atoms in total. The van der Waals surface area contributed by atoms with Crippen LogP contribution in [0.15, 0.2) is 73.2 Å². The summed E-state index contributed by atoms with van der Waals surface area (Å²) in [5.74, 6) is 0.840. The molecule has 3 heterocycles. The van der Waals surface area contributed by atoms with Gasteiger partial charge in [-0.3, -0.25) is 4.40 Å². The first-order chi connectivity index (χ1) is 15.2. The molecule has 0 amide bonds. The first-order valence-electron chi connectivity index (χ1n) is 9.98. The molecule has 0 atom stereocenters. The average Bonchev–Trinajstić information content (AvgIpc) is 3.40. The lowest BCUT2D eigenvalue weighted by Gasteiger charge is -2.08. The molecule has 0 saturated carbocycles. The summed E-state index contributed by atoms with van der Waals surface area (Å²) in [4.78, 5) is 4.69. The Kier molecular flexibility index (Phi) is 4.01. The summed E-state index contributed by atoms with van der Waals surface area (Å²) in [7, 11) is 0. The number of hydrogen-bond acceptors (Lipinski definition) is 4. The van der Waals surface area contributed by atoms with Crippen LogP contribution in [0.3, 0.4) is 0 Å². The number of nitrogens with zero attached hydrogens (tertiary/aromatic N) is 6. The standard InChI is InChI=1S/C24H17ClN6/c1-15-9-10-18(25)12-21(15)31-23-20(13-27-31)24-29-28-22(30(24)14-26-23)11-17-7-4-6-16-5-2-3-8-19(16)17/h2-10,12-14H,11H2,1H3. The molecule has 0 N–H and O–H groups in total. The lowest BCUT2D eigenvalue weighted by Crippen LogP contribution is -2.02. The molecule has 0 saturated heterocycles. The maximum atomic E-state index is 6.21. The normalized spacial score (nSPS) is 11.7. The summed E-state index contributed by atoms with van der Waals surface area (Å²) in [5, 5.41) is 17.4. The van der Waals surface area contributed by atoms with Crippen molar-refractivity contribution in [1.82, 2.24) is 29.4 Å². The van der Waals surface area contributed by atoms with E-state index < -0.39 is 0 Å². The second kappa shape index (κ2) is 6.89. The van der Waals surface area contributed by atoms with Gasteiger partial charge in [-0.05, 0) is 41.0 Å². The lowest BCUT2D eigenvalue weighted by atomic mass is 10.0. The zero-order chi connectivity index (χ0) is 20.9. The number of aromatic nitrogens is 6. The number of benzene rings is 3. The highest BCUT2D eigenvalue weighted by molar-refractivity contribution is 6.30. The van der Waals surface area contributed by atoms with Gasteiger partial charge >= 0.3 is 0 Å². The van der Waals surface area contributed by atoms with Crippen LogP contribution in [0.2, 0.25) is 5.02 Å². The van der Waals surface area contributed by atoms with Crippen LogP contribution in [-0.2, 0) is 6.42 Å². The van der Waals surface area contributed by atoms with E-state index >= 15 is 0 Å². The minimum absolute atomic E-state index is 0.658. The van der Waals surface area contributed by atoms with Crippen molar-refractivity contribution in [3.05, 3.63) is 95.2 Å². The van der Waals surface area contributed by atoms with Gasteiger partial charge in [-0.25, -0.2) is 9.67 Å². The molecule has 0 aliphatic heterocycles. The van der Waals surface area contributed by atoms with Crippen molar-refractivity contribution >= 4 is 39.1 Å². The molecule has 0 aliphatic rings. The maximum absolute atomic E-state index is 6.21. The fraction of sp³-hybridized carbons (Fsp3) is 0.0833. The van der Waals surface area contributed by atoms with E-state index in [9.17, 15) is 0 Å². The van der Waals surface area contributed by atoms with Gasteiger partial charge in [-0.2, -0.15) is 5.10 Å². The molecular weight excluding hydrogens is 408 g/mol. The Morgan fingerprint density at radius 3 is 2.71 bits per heavy atom. The summed E-state index contributed by atoms with van der Waals surface area (Å²) in [6, 6.07) is 20.5. The second-order valence-electron chi connectivity index (χ2n) is 7.59. The van der Waals surface area contributed by atoms with E-state index in [-0.39, 0.29) is 0 Å². The first-order valence-corrected chi connectivity index (χ1v) is 10.4. The topological polar surface area (TPSA) is 60.9 Å². The number of fused-ring (bicyclic) bond motifs is 4. The van der Waals surface area contributed by atoms with Crippen LogP contribution in [0.25, 0.3) is 33.1 Å². The highest BCUT2D eigenvalue weighted by Gasteiger charge is 2.16. The molecule has 6 rings (SSSR count). The Morgan fingerprint density at radius 1 is 0.903 bits per heavy atom. The average molecular weight is 425 g/mol. The Hall–Kier alpha value is -3.77. The van der Waals surface area contributed by atoms with Crippen LogP contribution in [0.4, 0.5) is 0 Å². The van der Waals surface area contributed by atoms with E-state index in [4.69, 9.17) is 16.6 Å². The molecule has 0 spiro atoms. The van der Waals surface area contributed by atoms with Gasteiger partial charge in [0.2, 0.25) is 0 Å². The van der Waals surface area contributed by atoms with Gasteiger partial charge < -0.3 is 0 Å². The van der Waals surface area contributed by atoms with Gasteiger partial charge in [0.05, 0.1) is 17.3 Å². The van der Waals surface area contributed by atoms with Gasteiger partial charge in [0, 0.05) is 11.4 Å². The summed E-state index contributed by atoms with van der Waals surface area (Å²) >= 11 is 6.21. The molecule has 7 heteroatoms. The van der Waals surface area contributed by atoms with Gasteiger partial charge in [-0.1, -0.05) is 60.1 Å². The Balaban J connectivity index is 1.48. The minimum Gasteiger partial charge on any atom is -0.268 e. The van der Waals surface area contributed by atoms with Crippen molar-refractivity contribution in [2.75, 3.05) is 0 Å². The maximum Gasteiger partial charge on any atom is 0.174 e. The molecule has 0 fully saturated rings. The first kappa shape index (κ1) is 18.0. The van der Waals surface area contributed by atoms with E-state index in [0.717, 1.165) is 33.8 Å². The van der Waals surface area contributed by atoms with Gasteiger partial charge in [-0.15, -0.1) is 10.2 Å². The molecular formula is C24H17ClN6. The van der Waals surface area contributed by atoms with Crippen molar-refractivity contribution in [1.29, 1.82) is 0 Å². The monoisotopic (exact) mass is 424 g/mol. The number of rotatable bonds is 3. The smallest absolute Gasteiger partial charge is 0.174 e. The third-order valence-electron chi connectivity index (χ3n) is 5.67. The number of halogens is 1. The van der Waals surface area contributed by atoms with Gasteiger partial charge in [0.15, 0.2) is 11.3 Å². The van der Waals surface area contributed by atoms with Gasteiger partial charge in [0.1, 0.15) is 12.2 Å². The van der Waals surface area contributed by atoms with Crippen LogP contribution in [0, 0.1) is 6.92 Å². The molecule has 6 aromatic rings. The van der Waals surface area contributed by atoms with Crippen LogP contribution in [-0.4, -0.2) is 29.4 Å². The Labute approximate surface area is 182 Å². The van der Waals surface area contributed by atoms with Crippen LogP contribution in [0.1, 0.15) is 17.0 Å². The quantitative estimate of drug-likeness (QED) is 0.393. The molecule has 3 aromatic carbocycles. The van der Waals surface area contributed by atoms with E-state index in [1.165, 1.54) is 16.3 Å². The molecule has 0 aliphatic carbocycles. The Morgan fingerprint density at radius 2 is 1.77 bits per heavy atom. The van der Waals surface area contributed by atoms with Crippen LogP contribution in [0.5, 0.6) is 0 Å². The predicted octanol–water partition coefficient (Wildman–Crippen LogP) is 5.17. The number of hydrogen-bond donors (Lipinski definition) is 0. The number of aryl methyl sites for hydroxylation is 1. The summed E-state index contributed by atoms with van der Waals surface area (Å²) in [6.07, 6.45) is 4.22. The highest BCUT2D eigenvalue weighted by atomic mass is 35.5. The summed E-state index contributed by atoms with van der Waals surface area (Å²) < 4.78 is 3.75. The van der Waals surface area contributed by atoms with E-state index in [0.29, 0.717) is 11.4 Å². The van der Waals surface area contributed by atoms with Crippen molar-refractivity contribution < 1.29 is 0 Å². The largest absolute Gasteiger partial charge is 0.268 e. The molecule has 3 aromatic heterocycles. The third kappa shape index (κ3) is 2.87. The molecule has 0 unspecified atom stereocenters. The van der Waals surface area contributed by atoms with E-state index in [1.54, 1.807) is 17.2 Å². The van der Waals surface area contributed by atoms with E-state index in [2.05, 4.69) is 57.8 Å². The minimum atomic E-state index is 0.658. The summed E-state index contributed by atoms with van der Waals surface area (Å²) in [6.45, 7) is 2.02. The molecule has 0 radical (unpaired) electrons. The molecule has 31 heavy (non-hydrogen) atoms. The van der Waals surface area contributed by atoms with Crippen molar-refractivity contribution in [2.45, 2.75) is 13.3 Å². The fourth-order valence-electron chi connectivity index (χ4n) is 4.09. The fourth-order valence-corrected chi connectivity index (χ4v) is 4.26. The van der Waals surface area contributed by atoms with Crippen LogP contribution < -0.4 is 0 Å². The van der Waals surface area contributed by atoms with Crippen LogP contribution >= 0.6 is 11.6 Å². The van der Waals surface area contributed by atoms with Crippen molar-refractivity contribution in [3.8, 4) is 5.69 Å². The predicted molar refractivity (Wildman–Crippen MR) is 122 cm³/mol. The van der Waals surface area contributed by atoms with Crippen molar-refractivity contribution in [2.24, 2.45) is 0 Å². The zero-order valence-electron chi connectivity index (χ0n) is 16.7. The molecule has 150 valence electrons. The summed E-state index contributed by atoms with van der Waals surface area (Å²) in [5.41, 5.74) is 4.63. The highest BCUT2D eigenvalue weighted by Crippen LogP contribution is 2.26. The lowest BCUT2D eigenvalue weighted by molar-refractivity contribution is 0.880. The zero-order valence-corrected chi connectivity index (χ0v) is 17.5. The van der Waals surface area contributed by atoms with Gasteiger partial charge in [0.25, 0.3) is 0 Å². The third-order valence-corrected chi connectivity index (χ3v) is 5.91.